The molecule has 0 radical (unpaired) electrons. The molecule has 0 fully saturated rings. The molecule has 0 aliphatic rings. The number of benzene rings is 2. The maximum Gasteiger partial charge on any atom is 0.409 e. The summed E-state index contributed by atoms with van der Waals surface area (Å²) in [5, 5.41) is 0. The van der Waals surface area contributed by atoms with E-state index in [9.17, 15) is 4.79 Å². The zero-order valence-electron chi connectivity index (χ0n) is 14.1. The Labute approximate surface area is 149 Å². The minimum atomic E-state index is -0.842. The molecule has 7 heteroatoms. The molecule has 0 bridgehead atoms. The van der Waals surface area contributed by atoms with Crippen molar-refractivity contribution >= 4 is 17.1 Å². The highest BCUT2D eigenvalue weighted by Crippen LogP contribution is 2.26. The Bertz CT molecular complexity index is 1050. The predicted octanol–water partition coefficient (Wildman–Crippen LogP) is 3.56. The maximum absolute atomic E-state index is 10.9. The summed E-state index contributed by atoms with van der Waals surface area (Å²) in [7, 11) is 0. The van der Waals surface area contributed by atoms with Crippen LogP contribution in [0.15, 0.2) is 54.9 Å². The first-order valence-electron chi connectivity index (χ1n) is 8.17. The van der Waals surface area contributed by atoms with Crippen LogP contribution in [0, 0.1) is 0 Å². The molecule has 2 heterocycles. The van der Waals surface area contributed by atoms with Gasteiger partial charge >= 0.3 is 6.09 Å². The molecule has 2 aromatic heterocycles. The lowest BCUT2D eigenvalue weighted by atomic mass is 9.99. The van der Waals surface area contributed by atoms with Gasteiger partial charge in [-0.3, -0.25) is 0 Å². The number of fused-ring (bicyclic) bond motifs is 1. The van der Waals surface area contributed by atoms with E-state index in [1.807, 2.05) is 18.3 Å². The number of rotatable bonds is 4. The molecule has 7 nitrogen and oxygen atoms in total. The third-order valence-corrected chi connectivity index (χ3v) is 4.29. The van der Waals surface area contributed by atoms with Gasteiger partial charge in [-0.2, -0.15) is 0 Å². The number of amides is 1. The normalized spacial score (nSPS) is 12.2. The zero-order chi connectivity index (χ0) is 18.1. The Morgan fingerprint density at radius 2 is 2.00 bits per heavy atom. The van der Waals surface area contributed by atoms with Gasteiger partial charge in [0.05, 0.1) is 11.0 Å². The van der Waals surface area contributed by atoms with Crippen molar-refractivity contribution in [2.75, 3.05) is 0 Å². The Kier molecular flexibility index (Phi) is 3.89. The highest BCUT2D eigenvalue weighted by molar-refractivity contribution is 5.81. The summed E-state index contributed by atoms with van der Waals surface area (Å²) in [5.41, 5.74) is 8.73. The average molecular weight is 347 g/mol. The van der Waals surface area contributed by atoms with E-state index in [0.717, 1.165) is 33.8 Å². The molecule has 0 saturated carbocycles. The SMILES string of the molecule is CC(c1ccc(-c2nc3ccc(OC(N)=O)cc3[nH]2)cc1)c1ncc[nH]1. The number of aromatic amines is 2. The molecule has 0 aliphatic heterocycles. The van der Waals surface area contributed by atoms with Crippen LogP contribution in [0.5, 0.6) is 5.75 Å². The Balaban J connectivity index is 1.61. The van der Waals surface area contributed by atoms with Crippen molar-refractivity contribution < 1.29 is 9.53 Å². The number of H-pyrrole nitrogens is 2. The van der Waals surface area contributed by atoms with Gasteiger partial charge in [-0.15, -0.1) is 0 Å². The minimum absolute atomic E-state index is 0.184. The van der Waals surface area contributed by atoms with Gasteiger partial charge in [0.2, 0.25) is 0 Å². The lowest BCUT2D eigenvalue weighted by Gasteiger charge is -2.09. The molecular weight excluding hydrogens is 330 g/mol. The van der Waals surface area contributed by atoms with Gasteiger partial charge < -0.3 is 20.4 Å². The second-order valence-electron chi connectivity index (χ2n) is 6.00. The van der Waals surface area contributed by atoms with Gasteiger partial charge in [0.15, 0.2) is 0 Å². The smallest absolute Gasteiger partial charge is 0.409 e. The highest BCUT2D eigenvalue weighted by atomic mass is 16.5. The number of nitrogens with zero attached hydrogens (tertiary/aromatic N) is 2. The summed E-state index contributed by atoms with van der Waals surface area (Å²) in [6.45, 7) is 2.11. The first kappa shape index (κ1) is 15.9. The quantitative estimate of drug-likeness (QED) is 0.524. The molecule has 4 aromatic rings. The molecular formula is C19H17N5O2. The number of carbonyl (C=O) groups is 1. The molecule has 0 saturated heterocycles. The average Bonchev–Trinajstić information content (AvgIpc) is 3.30. The van der Waals surface area contributed by atoms with Crippen LogP contribution in [0.4, 0.5) is 4.79 Å². The Morgan fingerprint density at radius 1 is 1.19 bits per heavy atom. The number of primary amides is 1. The van der Waals surface area contributed by atoms with Crippen LogP contribution in [0.2, 0.25) is 0 Å². The van der Waals surface area contributed by atoms with Crippen molar-refractivity contribution in [1.82, 2.24) is 19.9 Å². The Morgan fingerprint density at radius 3 is 2.69 bits per heavy atom. The number of nitrogens with two attached hydrogens (primary N) is 1. The van der Waals surface area contributed by atoms with Crippen LogP contribution in [0.25, 0.3) is 22.4 Å². The highest BCUT2D eigenvalue weighted by Gasteiger charge is 2.12. The van der Waals surface area contributed by atoms with E-state index < -0.39 is 6.09 Å². The van der Waals surface area contributed by atoms with Gasteiger partial charge in [-0.05, 0) is 17.7 Å². The molecule has 0 aliphatic carbocycles. The second-order valence-corrected chi connectivity index (χ2v) is 6.00. The van der Waals surface area contributed by atoms with Crippen LogP contribution in [0.3, 0.4) is 0 Å². The molecule has 4 N–H and O–H groups in total. The van der Waals surface area contributed by atoms with Crippen LogP contribution in [-0.2, 0) is 0 Å². The van der Waals surface area contributed by atoms with Crippen molar-refractivity contribution in [2.24, 2.45) is 5.73 Å². The third-order valence-electron chi connectivity index (χ3n) is 4.29. The summed E-state index contributed by atoms with van der Waals surface area (Å²) in [6, 6.07) is 13.3. The van der Waals surface area contributed by atoms with Gasteiger partial charge in [-0.1, -0.05) is 31.2 Å². The summed E-state index contributed by atoms with van der Waals surface area (Å²) >= 11 is 0. The summed E-state index contributed by atoms with van der Waals surface area (Å²) in [4.78, 5) is 26.1. The van der Waals surface area contributed by atoms with Crippen LogP contribution >= 0.6 is 0 Å². The van der Waals surface area contributed by atoms with E-state index in [4.69, 9.17) is 10.5 Å². The maximum atomic E-state index is 10.9. The molecule has 0 spiro atoms. The fraction of sp³-hybridized carbons (Fsp3) is 0.105. The molecule has 1 atom stereocenters. The largest absolute Gasteiger partial charge is 0.410 e. The van der Waals surface area contributed by atoms with Gasteiger partial charge in [0.1, 0.15) is 17.4 Å². The van der Waals surface area contributed by atoms with E-state index in [-0.39, 0.29) is 5.92 Å². The topological polar surface area (TPSA) is 110 Å². The van der Waals surface area contributed by atoms with Crippen molar-refractivity contribution in [3.63, 3.8) is 0 Å². The van der Waals surface area contributed by atoms with Gasteiger partial charge in [0.25, 0.3) is 0 Å². The lowest BCUT2D eigenvalue weighted by Crippen LogP contribution is -2.16. The number of imidazole rings is 2. The number of hydrogen-bond donors (Lipinski definition) is 3. The van der Waals surface area contributed by atoms with Crippen molar-refractivity contribution in [3.05, 3.63) is 66.2 Å². The van der Waals surface area contributed by atoms with Gasteiger partial charge in [0, 0.05) is 29.9 Å². The van der Waals surface area contributed by atoms with E-state index in [1.165, 1.54) is 0 Å². The monoisotopic (exact) mass is 347 g/mol. The number of aromatic nitrogens is 4. The fourth-order valence-electron chi connectivity index (χ4n) is 2.91. The molecule has 130 valence electrons. The first-order chi connectivity index (χ1) is 12.6. The first-order valence-corrected chi connectivity index (χ1v) is 8.17. The van der Waals surface area contributed by atoms with Crippen LogP contribution in [0.1, 0.15) is 24.2 Å². The summed E-state index contributed by atoms with van der Waals surface area (Å²) in [6.07, 6.45) is 2.74. The van der Waals surface area contributed by atoms with E-state index >= 15 is 0 Å². The standard InChI is InChI=1S/C19H17N5O2/c1-11(17-21-8-9-22-17)12-2-4-13(5-3-12)18-23-15-7-6-14(26-19(20)25)10-16(15)24-18/h2-11H,1H3,(H2,20,25)(H,21,22)(H,23,24). The number of ether oxygens (including phenoxy) is 1. The second kappa shape index (κ2) is 6.36. The van der Waals surface area contributed by atoms with Gasteiger partial charge in [-0.25, -0.2) is 14.8 Å². The van der Waals surface area contributed by atoms with Crippen LogP contribution in [-0.4, -0.2) is 26.0 Å². The van der Waals surface area contributed by atoms with E-state index in [1.54, 1.807) is 24.4 Å². The molecule has 2 aromatic carbocycles. The number of hydrogen-bond acceptors (Lipinski definition) is 4. The molecule has 1 amide bonds. The van der Waals surface area contributed by atoms with Crippen molar-refractivity contribution in [3.8, 4) is 17.1 Å². The molecule has 4 rings (SSSR count). The van der Waals surface area contributed by atoms with Crippen molar-refractivity contribution in [2.45, 2.75) is 12.8 Å². The molecule has 26 heavy (non-hydrogen) atoms. The predicted molar refractivity (Wildman–Crippen MR) is 97.8 cm³/mol. The lowest BCUT2D eigenvalue weighted by molar-refractivity contribution is 0.211. The Hall–Kier alpha value is -3.61. The van der Waals surface area contributed by atoms with Crippen molar-refractivity contribution in [1.29, 1.82) is 0 Å². The fourth-order valence-corrected chi connectivity index (χ4v) is 2.91. The number of carbonyl (C=O) groups excluding carboxylic acids is 1. The zero-order valence-corrected chi connectivity index (χ0v) is 14.1. The summed E-state index contributed by atoms with van der Waals surface area (Å²) < 4.78 is 4.90. The minimum Gasteiger partial charge on any atom is -0.410 e. The third kappa shape index (κ3) is 3.02. The summed E-state index contributed by atoms with van der Waals surface area (Å²) in [5.74, 6) is 2.24. The number of nitrogens with one attached hydrogen (secondary N) is 2. The van der Waals surface area contributed by atoms with E-state index in [2.05, 4.69) is 39.0 Å². The van der Waals surface area contributed by atoms with E-state index in [0.29, 0.717) is 5.75 Å². The molecule has 1 unspecified atom stereocenters. The van der Waals surface area contributed by atoms with Crippen LogP contribution < -0.4 is 10.5 Å².